The number of nitrogens with one attached hydrogen (secondary N) is 1. The minimum absolute atomic E-state index is 0.750. The Kier molecular flexibility index (Phi) is 6.79. The third kappa shape index (κ3) is 5.20. The van der Waals surface area contributed by atoms with Crippen molar-refractivity contribution in [2.24, 2.45) is 4.99 Å². The normalized spacial score (nSPS) is 11.3. The Hall–Kier alpha value is -1.71. The molecule has 0 saturated heterocycles. The summed E-state index contributed by atoms with van der Waals surface area (Å²) in [7, 11) is 5.57. The Labute approximate surface area is 116 Å². The third-order valence-corrected chi connectivity index (χ3v) is 3.01. The molecule has 1 rings (SSSR count). The zero-order valence-electron chi connectivity index (χ0n) is 12.4. The predicted octanol–water partition coefficient (Wildman–Crippen LogP) is 2.50. The standard InChI is InChI=1S/C15H25N3O/c1-5-6-10-18(3)15(16-2)17-12-13-8-7-9-14(11-13)19-4/h7-9,11H,5-6,10,12H2,1-4H3,(H,16,17). The van der Waals surface area contributed by atoms with Crippen LogP contribution in [0.25, 0.3) is 0 Å². The smallest absolute Gasteiger partial charge is 0.193 e. The summed E-state index contributed by atoms with van der Waals surface area (Å²) in [4.78, 5) is 6.46. The lowest BCUT2D eigenvalue weighted by Gasteiger charge is -2.21. The van der Waals surface area contributed by atoms with Crippen molar-refractivity contribution >= 4 is 5.96 Å². The summed E-state index contributed by atoms with van der Waals surface area (Å²) in [5, 5.41) is 3.37. The van der Waals surface area contributed by atoms with Crippen LogP contribution >= 0.6 is 0 Å². The van der Waals surface area contributed by atoms with Crippen LogP contribution in [0.15, 0.2) is 29.3 Å². The number of hydrogen-bond donors (Lipinski definition) is 1. The second-order valence-electron chi connectivity index (χ2n) is 4.53. The summed E-state index contributed by atoms with van der Waals surface area (Å²) >= 11 is 0. The molecule has 0 bridgehead atoms. The van der Waals surface area contributed by atoms with Crippen molar-refractivity contribution in [3.05, 3.63) is 29.8 Å². The Morgan fingerprint density at radius 2 is 2.21 bits per heavy atom. The fourth-order valence-electron chi connectivity index (χ4n) is 1.85. The molecular formula is C15H25N3O. The van der Waals surface area contributed by atoms with Gasteiger partial charge < -0.3 is 15.0 Å². The number of guanidine groups is 1. The summed E-state index contributed by atoms with van der Waals surface area (Å²) in [6.07, 6.45) is 2.37. The second-order valence-corrected chi connectivity index (χ2v) is 4.53. The molecule has 4 heteroatoms. The molecule has 0 aliphatic rings. The Balaban J connectivity index is 2.53. The van der Waals surface area contributed by atoms with Gasteiger partial charge in [0.15, 0.2) is 5.96 Å². The van der Waals surface area contributed by atoms with Gasteiger partial charge >= 0.3 is 0 Å². The molecule has 4 nitrogen and oxygen atoms in total. The number of nitrogens with zero attached hydrogens (tertiary/aromatic N) is 2. The summed E-state index contributed by atoms with van der Waals surface area (Å²) < 4.78 is 5.22. The highest BCUT2D eigenvalue weighted by molar-refractivity contribution is 5.79. The van der Waals surface area contributed by atoms with E-state index < -0.39 is 0 Å². The van der Waals surface area contributed by atoms with E-state index in [0.717, 1.165) is 24.8 Å². The van der Waals surface area contributed by atoms with Gasteiger partial charge in [0, 0.05) is 27.2 Å². The Bertz CT molecular complexity index is 404. The fraction of sp³-hybridized carbons (Fsp3) is 0.533. The molecule has 0 fully saturated rings. The summed E-state index contributed by atoms with van der Waals surface area (Å²) in [6, 6.07) is 8.06. The first-order valence-electron chi connectivity index (χ1n) is 6.76. The van der Waals surface area contributed by atoms with E-state index in [-0.39, 0.29) is 0 Å². The van der Waals surface area contributed by atoms with Gasteiger partial charge in [-0.1, -0.05) is 25.5 Å². The van der Waals surface area contributed by atoms with Gasteiger partial charge in [-0.15, -0.1) is 0 Å². The molecule has 0 radical (unpaired) electrons. The first-order chi connectivity index (χ1) is 9.21. The zero-order chi connectivity index (χ0) is 14.1. The summed E-state index contributed by atoms with van der Waals surface area (Å²) in [5.41, 5.74) is 1.18. The fourth-order valence-corrected chi connectivity index (χ4v) is 1.85. The van der Waals surface area contributed by atoms with E-state index in [0.29, 0.717) is 0 Å². The van der Waals surface area contributed by atoms with E-state index in [2.05, 4.69) is 35.2 Å². The highest BCUT2D eigenvalue weighted by atomic mass is 16.5. The quantitative estimate of drug-likeness (QED) is 0.633. The van der Waals surface area contributed by atoms with Crippen LogP contribution < -0.4 is 10.1 Å². The van der Waals surface area contributed by atoms with Gasteiger partial charge in [0.25, 0.3) is 0 Å². The van der Waals surface area contributed by atoms with Crippen molar-refractivity contribution < 1.29 is 4.74 Å². The van der Waals surface area contributed by atoms with Crippen LogP contribution in [0.4, 0.5) is 0 Å². The average Bonchev–Trinajstić information content (AvgIpc) is 2.45. The van der Waals surface area contributed by atoms with Crippen molar-refractivity contribution in [3.8, 4) is 5.75 Å². The molecule has 0 aliphatic carbocycles. The van der Waals surface area contributed by atoms with Crippen LogP contribution in [0.1, 0.15) is 25.3 Å². The molecule has 0 atom stereocenters. The number of benzene rings is 1. The van der Waals surface area contributed by atoms with Crippen molar-refractivity contribution in [1.82, 2.24) is 10.2 Å². The predicted molar refractivity (Wildman–Crippen MR) is 80.7 cm³/mol. The average molecular weight is 263 g/mol. The zero-order valence-corrected chi connectivity index (χ0v) is 12.4. The highest BCUT2D eigenvalue weighted by Crippen LogP contribution is 2.12. The van der Waals surface area contributed by atoms with Crippen LogP contribution in [0.3, 0.4) is 0 Å². The largest absolute Gasteiger partial charge is 0.497 e. The summed E-state index contributed by atoms with van der Waals surface area (Å²) in [6.45, 7) is 3.97. The monoisotopic (exact) mass is 263 g/mol. The van der Waals surface area contributed by atoms with Crippen molar-refractivity contribution in [2.75, 3.05) is 27.7 Å². The van der Waals surface area contributed by atoms with E-state index in [1.807, 2.05) is 25.2 Å². The summed E-state index contributed by atoms with van der Waals surface area (Å²) in [5.74, 6) is 1.81. The lowest BCUT2D eigenvalue weighted by atomic mass is 10.2. The molecule has 0 unspecified atom stereocenters. The van der Waals surface area contributed by atoms with Gasteiger partial charge in [0.1, 0.15) is 5.75 Å². The van der Waals surface area contributed by atoms with Gasteiger partial charge in [-0.25, -0.2) is 0 Å². The number of unbranched alkanes of at least 4 members (excludes halogenated alkanes) is 1. The number of ether oxygens (including phenoxy) is 1. The van der Waals surface area contributed by atoms with E-state index >= 15 is 0 Å². The minimum atomic E-state index is 0.750. The second kappa shape index (κ2) is 8.40. The maximum Gasteiger partial charge on any atom is 0.193 e. The topological polar surface area (TPSA) is 36.9 Å². The van der Waals surface area contributed by atoms with Crippen LogP contribution in [-0.2, 0) is 6.54 Å². The molecule has 0 aromatic heterocycles. The molecule has 0 spiro atoms. The minimum Gasteiger partial charge on any atom is -0.497 e. The number of rotatable bonds is 6. The van der Waals surface area contributed by atoms with Crippen LogP contribution in [0, 0.1) is 0 Å². The molecule has 0 saturated carbocycles. The Morgan fingerprint density at radius 1 is 1.42 bits per heavy atom. The van der Waals surface area contributed by atoms with Crippen molar-refractivity contribution in [1.29, 1.82) is 0 Å². The number of methoxy groups -OCH3 is 1. The maximum absolute atomic E-state index is 5.22. The van der Waals surface area contributed by atoms with Crippen LogP contribution in [0.5, 0.6) is 5.75 Å². The first kappa shape index (κ1) is 15.3. The van der Waals surface area contributed by atoms with E-state index in [1.54, 1.807) is 7.11 Å². The van der Waals surface area contributed by atoms with Gasteiger partial charge in [0.2, 0.25) is 0 Å². The van der Waals surface area contributed by atoms with Crippen molar-refractivity contribution in [3.63, 3.8) is 0 Å². The molecule has 1 N–H and O–H groups in total. The lowest BCUT2D eigenvalue weighted by molar-refractivity contribution is 0.414. The van der Waals surface area contributed by atoms with Crippen LogP contribution in [-0.4, -0.2) is 38.6 Å². The molecular weight excluding hydrogens is 238 g/mol. The molecule has 1 aromatic rings. The number of aliphatic imine (C=N–C) groups is 1. The molecule has 0 heterocycles. The van der Waals surface area contributed by atoms with Gasteiger partial charge in [-0.05, 0) is 24.1 Å². The maximum atomic E-state index is 5.22. The highest BCUT2D eigenvalue weighted by Gasteiger charge is 2.04. The number of hydrogen-bond acceptors (Lipinski definition) is 2. The lowest BCUT2D eigenvalue weighted by Crippen LogP contribution is -2.38. The SMILES string of the molecule is CCCCN(C)C(=NC)NCc1cccc(OC)c1. The molecule has 1 aromatic carbocycles. The molecule has 106 valence electrons. The van der Waals surface area contributed by atoms with E-state index in [9.17, 15) is 0 Å². The van der Waals surface area contributed by atoms with Crippen LogP contribution in [0.2, 0.25) is 0 Å². The Morgan fingerprint density at radius 3 is 2.84 bits per heavy atom. The van der Waals surface area contributed by atoms with E-state index in [4.69, 9.17) is 4.74 Å². The third-order valence-electron chi connectivity index (χ3n) is 3.01. The molecule has 19 heavy (non-hydrogen) atoms. The van der Waals surface area contributed by atoms with Gasteiger partial charge in [0.05, 0.1) is 7.11 Å². The van der Waals surface area contributed by atoms with E-state index in [1.165, 1.54) is 18.4 Å². The van der Waals surface area contributed by atoms with Gasteiger partial charge in [-0.3, -0.25) is 4.99 Å². The first-order valence-corrected chi connectivity index (χ1v) is 6.76. The van der Waals surface area contributed by atoms with Gasteiger partial charge in [-0.2, -0.15) is 0 Å². The molecule has 0 amide bonds. The van der Waals surface area contributed by atoms with Crippen molar-refractivity contribution in [2.45, 2.75) is 26.3 Å². The molecule has 0 aliphatic heterocycles.